The number of aliphatic hydroxyl groups excluding tert-OH is 1. The number of aromatic nitrogens is 3. The molecule has 96 valence electrons. The van der Waals surface area contributed by atoms with Crippen LogP contribution in [-0.4, -0.2) is 38.7 Å². The van der Waals surface area contributed by atoms with Gasteiger partial charge in [0.05, 0.1) is 18.8 Å². The van der Waals surface area contributed by atoms with Crippen molar-refractivity contribution in [2.75, 3.05) is 6.54 Å². The van der Waals surface area contributed by atoms with Gasteiger partial charge in [-0.15, -0.1) is 16.4 Å². The number of carbonyl (C=O) groups is 1. The Balaban J connectivity index is 1.95. The van der Waals surface area contributed by atoms with E-state index >= 15 is 0 Å². The molecule has 0 aliphatic rings. The number of rotatable bonds is 5. The molecule has 0 aliphatic carbocycles. The summed E-state index contributed by atoms with van der Waals surface area (Å²) in [6, 6.07) is 3.96. The highest BCUT2D eigenvalue weighted by atomic mass is 32.1. The predicted octanol–water partition coefficient (Wildman–Crippen LogP) is 0.498. The zero-order valence-electron chi connectivity index (χ0n) is 9.91. The van der Waals surface area contributed by atoms with E-state index in [-0.39, 0.29) is 18.1 Å². The third-order valence-electron chi connectivity index (χ3n) is 2.23. The Morgan fingerprint density at radius 2 is 2.50 bits per heavy atom. The lowest BCUT2D eigenvalue weighted by Crippen LogP contribution is -2.30. The van der Waals surface area contributed by atoms with Gasteiger partial charge in [0.15, 0.2) is 5.69 Å². The summed E-state index contributed by atoms with van der Waals surface area (Å²) in [7, 11) is 0. The van der Waals surface area contributed by atoms with Gasteiger partial charge >= 0.3 is 0 Å². The molecule has 0 aromatic carbocycles. The molecule has 2 N–H and O–H groups in total. The minimum absolute atomic E-state index is 0.205. The number of aliphatic hydroxyl groups is 1. The smallest absolute Gasteiger partial charge is 0.273 e. The molecule has 1 amide bonds. The molecule has 1 unspecified atom stereocenters. The highest BCUT2D eigenvalue weighted by Crippen LogP contribution is 2.09. The minimum Gasteiger partial charge on any atom is -0.392 e. The third kappa shape index (κ3) is 3.38. The first-order valence-corrected chi connectivity index (χ1v) is 6.42. The fourth-order valence-electron chi connectivity index (χ4n) is 1.37. The van der Waals surface area contributed by atoms with E-state index in [2.05, 4.69) is 15.6 Å². The van der Waals surface area contributed by atoms with Crippen LogP contribution in [0, 0.1) is 0 Å². The van der Waals surface area contributed by atoms with Gasteiger partial charge in [0.1, 0.15) is 0 Å². The van der Waals surface area contributed by atoms with Crippen LogP contribution in [-0.2, 0) is 6.54 Å². The molecule has 2 aromatic rings. The van der Waals surface area contributed by atoms with Crippen LogP contribution in [0.25, 0.3) is 0 Å². The van der Waals surface area contributed by atoms with E-state index in [1.807, 2.05) is 17.5 Å². The Kier molecular flexibility index (Phi) is 4.06. The number of nitrogens with one attached hydrogen (secondary N) is 1. The maximum atomic E-state index is 11.6. The second-order valence-corrected chi connectivity index (χ2v) is 4.97. The van der Waals surface area contributed by atoms with Gasteiger partial charge in [-0.3, -0.25) is 4.79 Å². The van der Waals surface area contributed by atoms with Gasteiger partial charge in [-0.1, -0.05) is 11.3 Å². The molecule has 0 radical (unpaired) electrons. The highest BCUT2D eigenvalue weighted by Gasteiger charge is 2.11. The van der Waals surface area contributed by atoms with Gasteiger partial charge in [-0.2, -0.15) is 0 Å². The van der Waals surface area contributed by atoms with Gasteiger partial charge in [0.25, 0.3) is 5.91 Å². The number of nitrogens with zero attached hydrogens (tertiary/aromatic N) is 3. The monoisotopic (exact) mass is 266 g/mol. The van der Waals surface area contributed by atoms with E-state index in [0.29, 0.717) is 6.54 Å². The Morgan fingerprint density at radius 3 is 3.17 bits per heavy atom. The normalized spacial score (nSPS) is 12.3. The summed E-state index contributed by atoms with van der Waals surface area (Å²) in [5.74, 6) is -0.326. The van der Waals surface area contributed by atoms with E-state index in [1.54, 1.807) is 29.1 Å². The third-order valence-corrected chi connectivity index (χ3v) is 3.09. The van der Waals surface area contributed by atoms with Gasteiger partial charge in [-0.25, -0.2) is 4.68 Å². The summed E-state index contributed by atoms with van der Waals surface area (Å²) < 4.78 is 1.61. The van der Waals surface area contributed by atoms with Crippen LogP contribution >= 0.6 is 11.3 Å². The fraction of sp³-hybridized carbons (Fsp3) is 0.364. The van der Waals surface area contributed by atoms with Crippen molar-refractivity contribution in [1.29, 1.82) is 0 Å². The number of thiophene rings is 1. The van der Waals surface area contributed by atoms with Crippen LogP contribution in [0.5, 0.6) is 0 Å². The Bertz CT molecular complexity index is 507. The number of amides is 1. The summed E-state index contributed by atoms with van der Waals surface area (Å²) in [6.07, 6.45) is 1.02. The summed E-state index contributed by atoms with van der Waals surface area (Å²) in [5.41, 5.74) is 0.257. The molecular formula is C11H14N4O2S. The zero-order valence-corrected chi connectivity index (χ0v) is 10.7. The lowest BCUT2D eigenvalue weighted by atomic mass is 10.4. The van der Waals surface area contributed by atoms with Crippen molar-refractivity contribution in [2.24, 2.45) is 0 Å². The maximum Gasteiger partial charge on any atom is 0.273 e. The lowest BCUT2D eigenvalue weighted by molar-refractivity contribution is 0.0919. The van der Waals surface area contributed by atoms with Gasteiger partial charge < -0.3 is 10.4 Å². The minimum atomic E-state index is -0.574. The fourth-order valence-corrected chi connectivity index (χ4v) is 2.07. The molecule has 6 nitrogen and oxygen atoms in total. The van der Waals surface area contributed by atoms with E-state index in [1.165, 1.54) is 0 Å². The SMILES string of the molecule is CC(O)CNC(=O)c1cn(Cc2cccs2)nn1. The Labute approximate surface area is 108 Å². The second-order valence-electron chi connectivity index (χ2n) is 3.94. The van der Waals surface area contributed by atoms with Crippen LogP contribution in [0.1, 0.15) is 22.3 Å². The van der Waals surface area contributed by atoms with Gasteiger partial charge in [0.2, 0.25) is 0 Å². The lowest BCUT2D eigenvalue weighted by Gasteiger charge is -2.04. The topological polar surface area (TPSA) is 80.0 Å². The van der Waals surface area contributed by atoms with Crippen LogP contribution < -0.4 is 5.32 Å². The van der Waals surface area contributed by atoms with Crippen molar-refractivity contribution in [2.45, 2.75) is 19.6 Å². The van der Waals surface area contributed by atoms with Gasteiger partial charge in [0, 0.05) is 11.4 Å². The largest absolute Gasteiger partial charge is 0.392 e. The highest BCUT2D eigenvalue weighted by molar-refractivity contribution is 7.09. The Morgan fingerprint density at radius 1 is 1.67 bits per heavy atom. The van der Waals surface area contributed by atoms with E-state index in [0.717, 1.165) is 4.88 Å². The molecule has 0 aliphatic heterocycles. The van der Waals surface area contributed by atoms with Crippen LogP contribution in [0.2, 0.25) is 0 Å². The summed E-state index contributed by atoms with van der Waals surface area (Å²) in [5, 5.41) is 21.3. The predicted molar refractivity (Wildman–Crippen MR) is 67.5 cm³/mol. The quantitative estimate of drug-likeness (QED) is 0.826. The van der Waals surface area contributed by atoms with Crippen molar-refractivity contribution < 1.29 is 9.90 Å². The second kappa shape index (κ2) is 5.74. The van der Waals surface area contributed by atoms with E-state index < -0.39 is 6.10 Å². The molecule has 2 rings (SSSR count). The van der Waals surface area contributed by atoms with Gasteiger partial charge in [-0.05, 0) is 18.4 Å². The van der Waals surface area contributed by atoms with E-state index in [4.69, 9.17) is 5.11 Å². The first kappa shape index (κ1) is 12.7. The summed E-state index contributed by atoms with van der Waals surface area (Å²) in [4.78, 5) is 12.8. The maximum absolute atomic E-state index is 11.6. The number of hydrogen-bond acceptors (Lipinski definition) is 5. The summed E-state index contributed by atoms with van der Waals surface area (Å²) >= 11 is 1.63. The summed E-state index contributed by atoms with van der Waals surface area (Å²) in [6.45, 7) is 2.42. The zero-order chi connectivity index (χ0) is 13.0. The van der Waals surface area contributed by atoms with Crippen LogP contribution in [0.4, 0.5) is 0 Å². The standard InChI is InChI=1S/C11H14N4O2S/c1-8(16)5-12-11(17)10-7-15(14-13-10)6-9-3-2-4-18-9/h2-4,7-8,16H,5-6H2,1H3,(H,12,17). The molecule has 0 bridgehead atoms. The number of hydrogen-bond donors (Lipinski definition) is 2. The molecule has 1 atom stereocenters. The molecule has 0 saturated heterocycles. The Hall–Kier alpha value is -1.73. The first-order valence-electron chi connectivity index (χ1n) is 5.54. The molecule has 0 spiro atoms. The molecular weight excluding hydrogens is 252 g/mol. The molecule has 2 heterocycles. The number of carbonyl (C=O) groups excluding carboxylic acids is 1. The van der Waals surface area contributed by atoms with Crippen molar-refractivity contribution in [3.8, 4) is 0 Å². The van der Waals surface area contributed by atoms with Crippen molar-refractivity contribution in [1.82, 2.24) is 20.3 Å². The first-order chi connectivity index (χ1) is 8.65. The average molecular weight is 266 g/mol. The van der Waals surface area contributed by atoms with Crippen LogP contribution in [0.15, 0.2) is 23.7 Å². The van der Waals surface area contributed by atoms with Crippen molar-refractivity contribution >= 4 is 17.2 Å². The molecule has 7 heteroatoms. The van der Waals surface area contributed by atoms with Crippen molar-refractivity contribution in [3.05, 3.63) is 34.3 Å². The van der Waals surface area contributed by atoms with E-state index in [9.17, 15) is 4.79 Å². The van der Waals surface area contributed by atoms with Crippen molar-refractivity contribution in [3.63, 3.8) is 0 Å². The molecule has 18 heavy (non-hydrogen) atoms. The molecule has 0 fully saturated rings. The van der Waals surface area contributed by atoms with Crippen LogP contribution in [0.3, 0.4) is 0 Å². The average Bonchev–Trinajstić information content (AvgIpc) is 2.98. The molecule has 2 aromatic heterocycles. The molecule has 0 saturated carbocycles.